The number of benzene rings is 1. The van der Waals surface area contributed by atoms with Gasteiger partial charge in [-0.3, -0.25) is 9.59 Å². The number of hydrogen-bond donors (Lipinski definition) is 2. The van der Waals surface area contributed by atoms with Crippen LogP contribution in [0.1, 0.15) is 39.3 Å². The summed E-state index contributed by atoms with van der Waals surface area (Å²) < 4.78 is 9.65. The second kappa shape index (κ2) is 8.68. The molecule has 0 saturated heterocycles. The minimum absolute atomic E-state index is 0.197. The van der Waals surface area contributed by atoms with Gasteiger partial charge in [0.05, 0.1) is 18.9 Å². The Labute approximate surface area is 145 Å². The summed E-state index contributed by atoms with van der Waals surface area (Å²) in [7, 11) is 1.30. The van der Waals surface area contributed by atoms with Crippen molar-refractivity contribution in [2.75, 3.05) is 19.0 Å². The second-order valence-electron chi connectivity index (χ2n) is 5.41. The number of carbonyl (C=O) groups is 3. The number of carbonyl (C=O) groups excluding carboxylic acids is 3. The first-order chi connectivity index (χ1) is 12.0. The molecule has 2 rings (SSSR count). The maximum atomic E-state index is 12.0. The fourth-order valence-electron chi connectivity index (χ4n) is 2.16. The lowest BCUT2D eigenvalue weighted by molar-refractivity contribution is -0.116. The molecule has 0 aliphatic rings. The average Bonchev–Trinajstić information content (AvgIpc) is 3.14. The molecule has 0 saturated carbocycles. The summed E-state index contributed by atoms with van der Waals surface area (Å²) in [5, 5.41) is 5.44. The molecular weight excluding hydrogens is 324 g/mol. The third-order valence-corrected chi connectivity index (χ3v) is 3.54. The van der Waals surface area contributed by atoms with Crippen molar-refractivity contribution >= 4 is 23.5 Å². The van der Waals surface area contributed by atoms with Gasteiger partial charge in [0, 0.05) is 18.7 Å². The van der Waals surface area contributed by atoms with E-state index < -0.39 is 5.97 Å². The number of nitrogens with one attached hydrogen (secondary N) is 2. The number of esters is 1. The molecule has 0 fully saturated rings. The van der Waals surface area contributed by atoms with Crippen LogP contribution in [0.3, 0.4) is 0 Å². The van der Waals surface area contributed by atoms with Crippen molar-refractivity contribution in [2.45, 2.75) is 19.8 Å². The Balaban J connectivity index is 1.80. The van der Waals surface area contributed by atoms with Crippen LogP contribution in [0.2, 0.25) is 0 Å². The zero-order valence-corrected chi connectivity index (χ0v) is 14.1. The third-order valence-electron chi connectivity index (χ3n) is 3.54. The van der Waals surface area contributed by atoms with Crippen molar-refractivity contribution < 1.29 is 23.5 Å². The van der Waals surface area contributed by atoms with Gasteiger partial charge in [-0.1, -0.05) is 6.07 Å². The summed E-state index contributed by atoms with van der Waals surface area (Å²) in [5.41, 5.74) is 1.77. The molecular formula is C18H20N2O5. The van der Waals surface area contributed by atoms with Gasteiger partial charge >= 0.3 is 5.97 Å². The Bertz CT molecular complexity index is 753. The van der Waals surface area contributed by atoms with Gasteiger partial charge in [-0.25, -0.2) is 4.79 Å². The van der Waals surface area contributed by atoms with E-state index in [1.165, 1.54) is 13.4 Å². The Morgan fingerprint density at radius 1 is 1.20 bits per heavy atom. The fraction of sp³-hybridized carbons (Fsp3) is 0.278. The van der Waals surface area contributed by atoms with Gasteiger partial charge in [0.1, 0.15) is 0 Å². The van der Waals surface area contributed by atoms with Gasteiger partial charge in [0.25, 0.3) is 5.91 Å². The van der Waals surface area contributed by atoms with Crippen molar-refractivity contribution in [1.29, 1.82) is 0 Å². The largest absolute Gasteiger partial charge is 0.465 e. The lowest BCUT2D eigenvalue weighted by Crippen LogP contribution is -2.25. The molecule has 0 aliphatic heterocycles. The molecule has 0 aliphatic carbocycles. The van der Waals surface area contributed by atoms with E-state index in [1.54, 1.807) is 30.3 Å². The smallest absolute Gasteiger partial charge is 0.337 e. The second-order valence-corrected chi connectivity index (χ2v) is 5.41. The number of aryl methyl sites for hydroxylation is 1. The van der Waals surface area contributed by atoms with Gasteiger partial charge in [0.2, 0.25) is 5.91 Å². The molecule has 0 atom stereocenters. The van der Waals surface area contributed by atoms with Gasteiger partial charge in [-0.2, -0.15) is 0 Å². The van der Waals surface area contributed by atoms with Crippen molar-refractivity contribution in [2.24, 2.45) is 0 Å². The van der Waals surface area contributed by atoms with Crippen LogP contribution in [-0.4, -0.2) is 31.4 Å². The first-order valence-electron chi connectivity index (χ1n) is 7.82. The molecule has 1 aromatic carbocycles. The van der Waals surface area contributed by atoms with E-state index in [0.717, 1.165) is 5.56 Å². The highest BCUT2D eigenvalue weighted by Crippen LogP contribution is 2.18. The highest BCUT2D eigenvalue weighted by Gasteiger charge is 2.11. The highest BCUT2D eigenvalue weighted by atomic mass is 16.5. The minimum Gasteiger partial charge on any atom is -0.465 e. The van der Waals surface area contributed by atoms with Crippen molar-refractivity contribution in [3.8, 4) is 0 Å². The Kier molecular flexibility index (Phi) is 6.33. The molecule has 1 heterocycles. The predicted molar refractivity (Wildman–Crippen MR) is 91.4 cm³/mol. The number of ether oxygens (including phenoxy) is 1. The summed E-state index contributed by atoms with van der Waals surface area (Å²) in [6.07, 6.45) is 2.14. The van der Waals surface area contributed by atoms with Crippen LogP contribution in [0.5, 0.6) is 0 Å². The van der Waals surface area contributed by atoms with Crippen LogP contribution in [-0.2, 0) is 9.53 Å². The Morgan fingerprint density at radius 2 is 2.00 bits per heavy atom. The number of amides is 2. The van der Waals surface area contributed by atoms with E-state index >= 15 is 0 Å². The van der Waals surface area contributed by atoms with Crippen LogP contribution in [0.15, 0.2) is 41.0 Å². The highest BCUT2D eigenvalue weighted by molar-refractivity contribution is 5.95. The number of hydrogen-bond acceptors (Lipinski definition) is 5. The summed E-state index contributed by atoms with van der Waals surface area (Å²) in [4.78, 5) is 35.2. The van der Waals surface area contributed by atoms with Gasteiger partial charge < -0.3 is 19.8 Å². The zero-order chi connectivity index (χ0) is 18.2. The normalized spacial score (nSPS) is 10.2. The first-order valence-corrected chi connectivity index (χ1v) is 7.82. The van der Waals surface area contributed by atoms with Crippen molar-refractivity contribution in [1.82, 2.24) is 5.32 Å². The van der Waals surface area contributed by atoms with E-state index in [9.17, 15) is 14.4 Å². The van der Waals surface area contributed by atoms with E-state index in [4.69, 9.17) is 4.42 Å². The van der Waals surface area contributed by atoms with Crippen LogP contribution in [0.25, 0.3) is 0 Å². The SMILES string of the molecule is COC(=O)c1ccc(C)c(NC(=O)CCCNC(=O)c2ccco2)c1. The Hall–Kier alpha value is -3.09. The van der Waals surface area contributed by atoms with E-state index in [2.05, 4.69) is 15.4 Å². The summed E-state index contributed by atoms with van der Waals surface area (Å²) >= 11 is 0. The molecule has 0 bridgehead atoms. The molecule has 0 radical (unpaired) electrons. The molecule has 25 heavy (non-hydrogen) atoms. The quantitative estimate of drug-likeness (QED) is 0.594. The van der Waals surface area contributed by atoms with Gasteiger partial charge in [-0.15, -0.1) is 0 Å². The molecule has 132 valence electrons. The van der Waals surface area contributed by atoms with Crippen LogP contribution in [0, 0.1) is 6.92 Å². The lowest BCUT2D eigenvalue weighted by atomic mass is 10.1. The van der Waals surface area contributed by atoms with E-state index in [0.29, 0.717) is 24.2 Å². The topological polar surface area (TPSA) is 97.6 Å². The summed E-state index contributed by atoms with van der Waals surface area (Å²) in [5.74, 6) is -0.736. The maximum absolute atomic E-state index is 12.0. The zero-order valence-electron chi connectivity index (χ0n) is 14.1. The molecule has 1 aromatic heterocycles. The van der Waals surface area contributed by atoms with E-state index in [-0.39, 0.29) is 24.0 Å². The molecule has 2 N–H and O–H groups in total. The molecule has 7 heteroatoms. The van der Waals surface area contributed by atoms with Crippen molar-refractivity contribution in [3.05, 3.63) is 53.5 Å². The molecule has 2 aromatic rings. The summed E-state index contributed by atoms with van der Waals surface area (Å²) in [6.45, 7) is 2.19. The van der Waals surface area contributed by atoms with Gasteiger partial charge in [-0.05, 0) is 43.2 Å². The molecule has 7 nitrogen and oxygen atoms in total. The van der Waals surface area contributed by atoms with Crippen LogP contribution < -0.4 is 10.6 Å². The monoisotopic (exact) mass is 344 g/mol. The van der Waals surface area contributed by atoms with Crippen LogP contribution >= 0.6 is 0 Å². The number of methoxy groups -OCH3 is 1. The lowest BCUT2D eigenvalue weighted by Gasteiger charge is -2.10. The van der Waals surface area contributed by atoms with E-state index in [1.807, 2.05) is 6.92 Å². The third kappa shape index (κ3) is 5.20. The molecule has 0 spiro atoms. The van der Waals surface area contributed by atoms with Gasteiger partial charge in [0.15, 0.2) is 5.76 Å². The number of furan rings is 1. The number of rotatable bonds is 7. The first kappa shape index (κ1) is 18.3. The predicted octanol–water partition coefficient (Wildman–Crippen LogP) is 2.52. The Morgan fingerprint density at radius 3 is 2.68 bits per heavy atom. The fourth-order valence-corrected chi connectivity index (χ4v) is 2.16. The molecule has 0 unspecified atom stereocenters. The van der Waals surface area contributed by atoms with Crippen molar-refractivity contribution in [3.63, 3.8) is 0 Å². The summed E-state index contributed by atoms with van der Waals surface area (Å²) in [6, 6.07) is 8.16. The molecule has 2 amide bonds. The standard InChI is InChI=1S/C18H20N2O5/c1-12-7-8-13(18(23)24-2)11-14(12)20-16(21)6-3-9-19-17(22)15-5-4-10-25-15/h4-5,7-8,10-11H,3,6,9H2,1-2H3,(H,19,22)(H,20,21). The van der Waals surface area contributed by atoms with Crippen LogP contribution in [0.4, 0.5) is 5.69 Å². The minimum atomic E-state index is -0.462. The average molecular weight is 344 g/mol. The maximum Gasteiger partial charge on any atom is 0.337 e. The number of anilines is 1.